The van der Waals surface area contributed by atoms with Gasteiger partial charge in [0.15, 0.2) is 0 Å². The first-order valence-corrected chi connectivity index (χ1v) is 5.90. The molecule has 1 aromatic carbocycles. The number of hydrogen-bond donors (Lipinski definition) is 4. The molecule has 0 unspecified atom stereocenters. The zero-order valence-corrected chi connectivity index (χ0v) is 9.76. The number of aromatic hydroxyl groups is 1. The highest BCUT2D eigenvalue weighted by Crippen LogP contribution is 2.32. The Morgan fingerprint density at radius 3 is 2.59 bits per heavy atom. The molecule has 17 heavy (non-hydrogen) atoms. The van der Waals surface area contributed by atoms with E-state index < -0.39 is 5.54 Å². The summed E-state index contributed by atoms with van der Waals surface area (Å²) in [7, 11) is 0. The third-order valence-corrected chi connectivity index (χ3v) is 3.82. The van der Waals surface area contributed by atoms with Gasteiger partial charge in [-0.05, 0) is 48.4 Å². The van der Waals surface area contributed by atoms with Gasteiger partial charge in [0.1, 0.15) is 5.75 Å². The number of aliphatic hydroxyl groups excluding tert-OH is 2. The van der Waals surface area contributed by atoms with Crippen LogP contribution in [-0.4, -0.2) is 34.1 Å². The second-order valence-corrected chi connectivity index (χ2v) is 4.94. The largest absolute Gasteiger partial charge is 0.508 e. The molecular weight excluding hydrogens is 218 g/mol. The molecular formula is C13H19NO3. The lowest BCUT2D eigenvalue weighted by Gasteiger charge is -2.37. The predicted octanol–water partition coefficient (Wildman–Crippen LogP) is 0.179. The normalized spacial score (nSPS) is 20.1. The Labute approximate surface area is 101 Å². The number of phenolic OH excluding ortho intramolecular Hbond substituents is 1. The van der Waals surface area contributed by atoms with Crippen LogP contribution < -0.4 is 5.73 Å². The first kappa shape index (κ1) is 12.4. The molecule has 0 radical (unpaired) electrons. The summed E-state index contributed by atoms with van der Waals surface area (Å²) >= 11 is 0. The summed E-state index contributed by atoms with van der Waals surface area (Å²) in [5.74, 6) is 0.361. The third kappa shape index (κ3) is 2.29. The second kappa shape index (κ2) is 4.64. The van der Waals surface area contributed by atoms with Gasteiger partial charge in [-0.15, -0.1) is 0 Å². The molecule has 1 atom stereocenters. The van der Waals surface area contributed by atoms with Crippen molar-refractivity contribution in [2.45, 2.75) is 24.8 Å². The van der Waals surface area contributed by atoms with Crippen LogP contribution in [0.1, 0.15) is 17.5 Å². The highest BCUT2D eigenvalue weighted by atomic mass is 16.3. The smallest absolute Gasteiger partial charge is 0.115 e. The Morgan fingerprint density at radius 1 is 1.24 bits per heavy atom. The molecule has 0 saturated carbocycles. The molecule has 0 saturated heterocycles. The molecule has 4 heteroatoms. The van der Waals surface area contributed by atoms with Gasteiger partial charge in [-0.1, -0.05) is 6.07 Å². The van der Waals surface area contributed by atoms with Crippen molar-refractivity contribution in [3.8, 4) is 5.75 Å². The number of nitrogens with two attached hydrogens (primary N) is 1. The van der Waals surface area contributed by atoms with E-state index in [2.05, 4.69) is 0 Å². The predicted molar refractivity (Wildman–Crippen MR) is 64.7 cm³/mol. The van der Waals surface area contributed by atoms with Gasteiger partial charge < -0.3 is 21.1 Å². The van der Waals surface area contributed by atoms with Gasteiger partial charge in [-0.2, -0.15) is 0 Å². The molecule has 0 fully saturated rings. The van der Waals surface area contributed by atoms with Crippen molar-refractivity contribution in [3.05, 3.63) is 29.3 Å². The SMILES string of the molecule is NC(CO)(CO)[C@H]1CCc2cc(O)ccc2C1. The highest BCUT2D eigenvalue weighted by molar-refractivity contribution is 5.37. The van der Waals surface area contributed by atoms with Gasteiger partial charge in [0.2, 0.25) is 0 Å². The molecule has 0 spiro atoms. The van der Waals surface area contributed by atoms with Crippen LogP contribution in [0.4, 0.5) is 0 Å². The van der Waals surface area contributed by atoms with E-state index in [-0.39, 0.29) is 24.9 Å². The maximum Gasteiger partial charge on any atom is 0.115 e. The van der Waals surface area contributed by atoms with Crippen LogP contribution >= 0.6 is 0 Å². The van der Waals surface area contributed by atoms with Crippen LogP contribution in [0.3, 0.4) is 0 Å². The van der Waals surface area contributed by atoms with Gasteiger partial charge in [0.05, 0.1) is 18.8 Å². The number of aryl methyl sites for hydroxylation is 1. The number of aliphatic hydroxyl groups is 2. The summed E-state index contributed by atoms with van der Waals surface area (Å²) in [6.07, 6.45) is 2.40. The minimum atomic E-state index is -0.907. The van der Waals surface area contributed by atoms with Crippen molar-refractivity contribution in [1.82, 2.24) is 0 Å². The van der Waals surface area contributed by atoms with E-state index >= 15 is 0 Å². The van der Waals surface area contributed by atoms with Gasteiger partial charge in [-0.25, -0.2) is 0 Å². The molecule has 1 aliphatic rings. The van der Waals surface area contributed by atoms with Crippen molar-refractivity contribution < 1.29 is 15.3 Å². The van der Waals surface area contributed by atoms with Crippen LogP contribution in [0.2, 0.25) is 0 Å². The summed E-state index contributed by atoms with van der Waals surface area (Å²) in [5, 5.41) is 28.0. The monoisotopic (exact) mass is 237 g/mol. The van der Waals surface area contributed by atoms with Crippen LogP contribution in [0.25, 0.3) is 0 Å². The van der Waals surface area contributed by atoms with Gasteiger partial charge in [0.25, 0.3) is 0 Å². The quantitative estimate of drug-likeness (QED) is 0.604. The fraction of sp³-hybridized carbons (Fsp3) is 0.538. The summed E-state index contributed by atoms with van der Waals surface area (Å²) in [6, 6.07) is 5.34. The fourth-order valence-corrected chi connectivity index (χ4v) is 2.54. The number of hydrogen-bond acceptors (Lipinski definition) is 4. The number of phenols is 1. The van der Waals surface area contributed by atoms with E-state index in [1.54, 1.807) is 12.1 Å². The zero-order chi connectivity index (χ0) is 12.5. The minimum Gasteiger partial charge on any atom is -0.508 e. The van der Waals surface area contributed by atoms with Crippen LogP contribution in [0.15, 0.2) is 18.2 Å². The molecule has 1 aromatic rings. The second-order valence-electron chi connectivity index (χ2n) is 4.94. The maximum atomic E-state index is 9.40. The molecule has 0 aliphatic heterocycles. The van der Waals surface area contributed by atoms with Crippen LogP contribution in [0, 0.1) is 5.92 Å². The molecule has 0 bridgehead atoms. The van der Waals surface area contributed by atoms with Crippen LogP contribution in [0.5, 0.6) is 5.75 Å². The molecule has 94 valence electrons. The van der Waals surface area contributed by atoms with Crippen molar-refractivity contribution >= 4 is 0 Å². The van der Waals surface area contributed by atoms with Crippen LogP contribution in [-0.2, 0) is 12.8 Å². The minimum absolute atomic E-state index is 0.0783. The molecule has 4 nitrogen and oxygen atoms in total. The van der Waals surface area contributed by atoms with Gasteiger partial charge >= 0.3 is 0 Å². The summed E-state index contributed by atoms with van der Waals surface area (Å²) in [5.41, 5.74) is 7.39. The average Bonchev–Trinajstić information content (AvgIpc) is 2.37. The zero-order valence-electron chi connectivity index (χ0n) is 9.76. The lowest BCUT2D eigenvalue weighted by Crippen LogP contribution is -2.55. The maximum absolute atomic E-state index is 9.40. The fourth-order valence-electron chi connectivity index (χ4n) is 2.54. The Hall–Kier alpha value is -1.10. The average molecular weight is 237 g/mol. The first-order chi connectivity index (χ1) is 8.09. The molecule has 5 N–H and O–H groups in total. The summed E-state index contributed by atoms with van der Waals surface area (Å²) in [6.45, 7) is -0.414. The lowest BCUT2D eigenvalue weighted by atomic mass is 9.73. The Kier molecular flexibility index (Phi) is 3.38. The van der Waals surface area contributed by atoms with Crippen molar-refractivity contribution in [3.63, 3.8) is 0 Å². The number of rotatable bonds is 3. The molecule has 0 aromatic heterocycles. The molecule has 0 amide bonds. The summed E-state index contributed by atoms with van der Waals surface area (Å²) in [4.78, 5) is 0. The number of benzene rings is 1. The van der Waals surface area contributed by atoms with E-state index in [1.165, 1.54) is 0 Å². The number of fused-ring (bicyclic) bond motifs is 1. The molecule has 1 aliphatic carbocycles. The van der Waals surface area contributed by atoms with Crippen molar-refractivity contribution in [2.75, 3.05) is 13.2 Å². The third-order valence-electron chi connectivity index (χ3n) is 3.82. The van der Waals surface area contributed by atoms with E-state index in [0.717, 1.165) is 30.4 Å². The Bertz CT molecular complexity index is 402. The lowest BCUT2D eigenvalue weighted by molar-refractivity contribution is 0.0690. The van der Waals surface area contributed by atoms with E-state index in [9.17, 15) is 15.3 Å². The molecule has 0 heterocycles. The molecule has 2 rings (SSSR count). The summed E-state index contributed by atoms with van der Waals surface area (Å²) < 4.78 is 0. The highest BCUT2D eigenvalue weighted by Gasteiger charge is 2.36. The van der Waals surface area contributed by atoms with Gasteiger partial charge in [0, 0.05) is 0 Å². The standard InChI is InChI=1S/C13H19NO3/c14-13(7-15,8-16)11-3-1-10-6-12(17)4-2-9(10)5-11/h2,4,6,11,15-17H,1,3,5,7-8,14H2/t11-/m0/s1. The van der Waals surface area contributed by atoms with E-state index in [4.69, 9.17) is 5.73 Å². The first-order valence-electron chi connectivity index (χ1n) is 5.90. The van der Waals surface area contributed by atoms with E-state index in [1.807, 2.05) is 6.07 Å². The van der Waals surface area contributed by atoms with Crippen molar-refractivity contribution in [2.24, 2.45) is 11.7 Å². The van der Waals surface area contributed by atoms with Crippen molar-refractivity contribution in [1.29, 1.82) is 0 Å². The van der Waals surface area contributed by atoms with Gasteiger partial charge in [-0.3, -0.25) is 0 Å². The van der Waals surface area contributed by atoms with E-state index in [0.29, 0.717) is 0 Å². The Balaban J connectivity index is 2.21. The Morgan fingerprint density at radius 2 is 1.94 bits per heavy atom. The topological polar surface area (TPSA) is 86.7 Å².